The molecular formula is C26H30Cl2O5Si. The second kappa shape index (κ2) is 7.87. The Morgan fingerprint density at radius 3 is 1.88 bits per heavy atom. The molecule has 8 heteroatoms. The summed E-state index contributed by atoms with van der Waals surface area (Å²) in [6, 6.07) is 20.5. The summed E-state index contributed by atoms with van der Waals surface area (Å²) < 4.78 is 24.3. The minimum Gasteiger partial charge on any atom is -0.398 e. The van der Waals surface area contributed by atoms with E-state index in [-0.39, 0.29) is 17.2 Å². The molecule has 2 aromatic rings. The maximum Gasteiger partial charge on any atom is 0.261 e. The lowest BCUT2D eigenvalue weighted by atomic mass is 9.73. The quantitative estimate of drug-likeness (QED) is 0.443. The molecule has 0 N–H and O–H groups in total. The van der Waals surface area contributed by atoms with Crippen LogP contribution in [0.5, 0.6) is 0 Å². The number of carbonyl (C=O) groups is 1. The average Bonchev–Trinajstić information content (AvgIpc) is 3.22. The zero-order chi connectivity index (χ0) is 24.6. The maximum absolute atomic E-state index is 12.5. The van der Waals surface area contributed by atoms with Gasteiger partial charge in [-0.05, 0) is 29.3 Å². The van der Waals surface area contributed by atoms with Gasteiger partial charge in [0.25, 0.3) is 8.32 Å². The number of alkyl halides is 2. The van der Waals surface area contributed by atoms with Crippen LogP contribution in [0.4, 0.5) is 0 Å². The van der Waals surface area contributed by atoms with Gasteiger partial charge in [-0.25, -0.2) is 0 Å². The first-order valence-electron chi connectivity index (χ1n) is 11.6. The molecule has 1 unspecified atom stereocenters. The van der Waals surface area contributed by atoms with Crippen LogP contribution in [0.1, 0.15) is 41.0 Å². The maximum atomic E-state index is 12.5. The van der Waals surface area contributed by atoms with Crippen molar-refractivity contribution in [2.75, 3.05) is 0 Å². The first kappa shape index (κ1) is 24.4. The van der Waals surface area contributed by atoms with Crippen molar-refractivity contribution >= 4 is 47.7 Å². The Labute approximate surface area is 211 Å². The topological polar surface area (TPSA) is 54.0 Å². The van der Waals surface area contributed by atoms with Crippen molar-refractivity contribution in [1.29, 1.82) is 0 Å². The molecule has 2 saturated heterocycles. The van der Waals surface area contributed by atoms with Gasteiger partial charge in [0.15, 0.2) is 17.9 Å². The molecule has 0 radical (unpaired) electrons. The van der Waals surface area contributed by atoms with Gasteiger partial charge in [0, 0.05) is 6.42 Å². The molecule has 34 heavy (non-hydrogen) atoms. The van der Waals surface area contributed by atoms with Crippen molar-refractivity contribution in [1.82, 2.24) is 0 Å². The average molecular weight is 522 g/mol. The molecule has 0 bridgehead atoms. The smallest absolute Gasteiger partial charge is 0.261 e. The summed E-state index contributed by atoms with van der Waals surface area (Å²) in [6.45, 7) is 10.2. The highest BCUT2D eigenvalue weighted by Crippen LogP contribution is 2.60. The van der Waals surface area contributed by atoms with Crippen molar-refractivity contribution in [3.05, 3.63) is 60.7 Å². The summed E-state index contributed by atoms with van der Waals surface area (Å²) in [6.07, 6.45) is -1.98. The molecule has 1 spiro atoms. The standard InChI is InChI=1S/C26H30Cl2O5Si/c1-23(2,3)34(17-12-8-6-9-13-17,18-14-10-7-11-15-18)33-21-20-22(31-24(4,5)30-20)32-25(21)16-19(29)26(25,27)28/h6-15,20-22H,16H2,1-5H3/t20-,21?,22-,25+/m0/s1. The van der Waals surface area contributed by atoms with Gasteiger partial charge >= 0.3 is 0 Å². The van der Waals surface area contributed by atoms with Crippen molar-refractivity contribution < 1.29 is 23.4 Å². The Hall–Kier alpha value is -1.25. The largest absolute Gasteiger partial charge is 0.398 e. The number of benzene rings is 2. The molecule has 2 heterocycles. The minimum atomic E-state index is -3.02. The van der Waals surface area contributed by atoms with Crippen molar-refractivity contribution in [2.24, 2.45) is 0 Å². The van der Waals surface area contributed by atoms with E-state index in [1.54, 1.807) is 0 Å². The summed E-state index contributed by atoms with van der Waals surface area (Å²) in [4.78, 5) is 12.5. The van der Waals surface area contributed by atoms with E-state index in [0.717, 1.165) is 10.4 Å². The third-order valence-corrected chi connectivity index (χ3v) is 13.3. The predicted molar refractivity (Wildman–Crippen MR) is 134 cm³/mol. The van der Waals surface area contributed by atoms with Crippen LogP contribution >= 0.6 is 23.2 Å². The highest BCUT2D eigenvalue weighted by atomic mass is 35.5. The van der Waals surface area contributed by atoms with E-state index in [4.69, 9.17) is 41.8 Å². The number of ether oxygens (including phenoxy) is 3. The van der Waals surface area contributed by atoms with E-state index in [0.29, 0.717) is 0 Å². The number of rotatable bonds is 4. The molecule has 2 aliphatic heterocycles. The Balaban J connectivity index is 1.70. The SMILES string of the molecule is CC1(C)O[C@H]2O[C@]3(CC(=O)C3(Cl)Cl)C(O[Si](c3ccccc3)(c3ccccc3)C(C)(C)C)[C@@H]2O1. The van der Waals surface area contributed by atoms with Gasteiger partial charge in [-0.3, -0.25) is 4.79 Å². The number of Topliss-reactive ketones (excluding diaryl/α,β-unsaturated/α-hetero) is 1. The van der Waals surface area contributed by atoms with Crippen molar-refractivity contribution in [3.8, 4) is 0 Å². The van der Waals surface area contributed by atoms with Crippen molar-refractivity contribution in [2.45, 2.75) is 80.3 Å². The molecular weight excluding hydrogens is 491 g/mol. The van der Waals surface area contributed by atoms with Gasteiger partial charge in [0.2, 0.25) is 4.33 Å². The summed E-state index contributed by atoms with van der Waals surface area (Å²) in [5, 5.41) is 1.91. The van der Waals surface area contributed by atoms with Gasteiger partial charge < -0.3 is 18.6 Å². The number of hydrogen-bond donors (Lipinski definition) is 0. The number of hydrogen-bond acceptors (Lipinski definition) is 5. The van der Waals surface area contributed by atoms with Gasteiger partial charge in [-0.15, -0.1) is 0 Å². The Bertz CT molecular complexity index is 1050. The zero-order valence-electron chi connectivity index (χ0n) is 20.0. The van der Waals surface area contributed by atoms with Crippen LogP contribution in [0.15, 0.2) is 60.7 Å². The van der Waals surface area contributed by atoms with Crippen LogP contribution in [0, 0.1) is 0 Å². The van der Waals surface area contributed by atoms with E-state index in [1.165, 1.54) is 0 Å². The molecule has 2 aromatic carbocycles. The monoisotopic (exact) mass is 520 g/mol. The number of ketones is 1. The lowest BCUT2D eigenvalue weighted by Gasteiger charge is -2.54. The van der Waals surface area contributed by atoms with Gasteiger partial charge in [-0.1, -0.05) is 105 Å². The molecule has 0 amide bonds. The third-order valence-electron chi connectivity index (χ3n) is 7.20. The predicted octanol–water partition coefficient (Wildman–Crippen LogP) is 4.32. The van der Waals surface area contributed by atoms with Crippen LogP contribution in [-0.2, 0) is 23.4 Å². The Kier molecular flexibility index (Phi) is 5.66. The number of halogens is 2. The number of carbonyl (C=O) groups excluding carboxylic acids is 1. The summed E-state index contributed by atoms with van der Waals surface area (Å²) >= 11 is 13.3. The lowest BCUT2D eigenvalue weighted by Crippen LogP contribution is -2.75. The van der Waals surface area contributed by atoms with Crippen LogP contribution in [0.3, 0.4) is 0 Å². The van der Waals surface area contributed by atoms with E-state index in [2.05, 4.69) is 45.0 Å². The van der Waals surface area contributed by atoms with Crippen LogP contribution < -0.4 is 10.4 Å². The van der Waals surface area contributed by atoms with Crippen LogP contribution in [-0.4, -0.2) is 48.3 Å². The fraction of sp³-hybridized carbons (Fsp3) is 0.500. The summed E-state index contributed by atoms with van der Waals surface area (Å²) in [5.74, 6) is -1.15. The summed E-state index contributed by atoms with van der Waals surface area (Å²) in [5.41, 5.74) is -1.26. The molecule has 0 aromatic heterocycles. The van der Waals surface area contributed by atoms with Crippen LogP contribution in [0.2, 0.25) is 5.04 Å². The van der Waals surface area contributed by atoms with E-state index in [1.807, 2.05) is 50.2 Å². The van der Waals surface area contributed by atoms with Gasteiger partial charge in [0.05, 0.1) is 0 Å². The molecule has 3 aliphatic rings. The highest BCUT2D eigenvalue weighted by Gasteiger charge is 2.78. The Morgan fingerprint density at radius 2 is 1.44 bits per heavy atom. The zero-order valence-corrected chi connectivity index (χ0v) is 22.5. The second-order valence-corrected chi connectivity index (χ2v) is 16.4. The van der Waals surface area contributed by atoms with Gasteiger partial charge in [-0.2, -0.15) is 0 Å². The molecule has 5 nitrogen and oxygen atoms in total. The molecule has 4 atom stereocenters. The molecule has 182 valence electrons. The number of fused-ring (bicyclic) bond motifs is 1. The first-order chi connectivity index (χ1) is 15.8. The van der Waals surface area contributed by atoms with E-state index < -0.39 is 42.5 Å². The van der Waals surface area contributed by atoms with E-state index >= 15 is 0 Å². The summed E-state index contributed by atoms with van der Waals surface area (Å²) in [7, 11) is -3.02. The normalized spacial score (nSPS) is 32.0. The Morgan fingerprint density at radius 1 is 0.912 bits per heavy atom. The first-order valence-corrected chi connectivity index (χ1v) is 14.2. The molecule has 5 rings (SSSR count). The second-order valence-electron chi connectivity index (χ2n) is 10.9. The molecule has 1 saturated carbocycles. The van der Waals surface area contributed by atoms with Gasteiger partial charge in [0.1, 0.15) is 17.8 Å². The molecule has 3 fully saturated rings. The van der Waals surface area contributed by atoms with E-state index in [9.17, 15) is 4.79 Å². The minimum absolute atomic E-state index is 0.0447. The van der Waals surface area contributed by atoms with Crippen LogP contribution in [0.25, 0.3) is 0 Å². The third kappa shape index (κ3) is 3.38. The highest BCUT2D eigenvalue weighted by molar-refractivity contribution is 6.99. The fourth-order valence-electron chi connectivity index (χ4n) is 5.62. The van der Waals surface area contributed by atoms with Crippen molar-refractivity contribution in [3.63, 3.8) is 0 Å². The molecule has 1 aliphatic carbocycles. The fourth-order valence-corrected chi connectivity index (χ4v) is 10.9. The lowest BCUT2D eigenvalue weighted by molar-refractivity contribution is -0.249.